The molecule has 0 aromatic rings. The van der Waals surface area contributed by atoms with Gasteiger partial charge >= 0.3 is 0 Å². The van der Waals surface area contributed by atoms with Crippen molar-refractivity contribution in [2.45, 2.75) is 53.0 Å². The molecule has 1 aliphatic rings. The van der Waals surface area contributed by atoms with Crippen molar-refractivity contribution in [1.82, 2.24) is 4.90 Å². The smallest absolute Gasteiger partial charge is 0.0326 e. The zero-order chi connectivity index (χ0) is 11.7. The van der Waals surface area contributed by atoms with E-state index in [1.54, 1.807) is 0 Å². The Hall–Kier alpha value is -0.0800. The SMILES string of the molecule is CCC1(CC)CN(C(C)(CN)C(C)C)C1. The molecule has 90 valence electrons. The van der Waals surface area contributed by atoms with Crippen molar-refractivity contribution in [3.8, 4) is 0 Å². The summed E-state index contributed by atoms with van der Waals surface area (Å²) in [6, 6.07) is 0. The number of nitrogens with two attached hydrogens (primary N) is 1. The highest BCUT2D eigenvalue weighted by atomic mass is 15.3. The Labute approximate surface area is 95.2 Å². The van der Waals surface area contributed by atoms with Crippen LogP contribution in [-0.4, -0.2) is 30.1 Å². The second-order valence-electron chi connectivity index (χ2n) is 5.78. The van der Waals surface area contributed by atoms with Crippen LogP contribution in [0, 0.1) is 11.3 Å². The summed E-state index contributed by atoms with van der Waals surface area (Å²) in [5.74, 6) is 0.634. The zero-order valence-electron chi connectivity index (χ0n) is 11.1. The second-order valence-corrected chi connectivity index (χ2v) is 5.78. The Kier molecular flexibility index (Phi) is 3.83. The van der Waals surface area contributed by atoms with E-state index in [1.165, 1.54) is 25.9 Å². The third kappa shape index (κ3) is 2.07. The lowest BCUT2D eigenvalue weighted by Gasteiger charge is -2.58. The van der Waals surface area contributed by atoms with Crippen LogP contribution in [0.25, 0.3) is 0 Å². The minimum absolute atomic E-state index is 0.202. The molecule has 1 unspecified atom stereocenters. The molecule has 0 aliphatic carbocycles. The van der Waals surface area contributed by atoms with Crippen molar-refractivity contribution in [3.05, 3.63) is 0 Å². The molecule has 2 N–H and O–H groups in total. The molecule has 0 aromatic heterocycles. The highest BCUT2D eigenvalue weighted by Crippen LogP contribution is 2.42. The van der Waals surface area contributed by atoms with Gasteiger partial charge in [0, 0.05) is 25.2 Å². The normalized spacial score (nSPS) is 25.0. The number of hydrogen-bond acceptors (Lipinski definition) is 2. The Balaban J connectivity index is 2.63. The maximum Gasteiger partial charge on any atom is 0.0326 e. The average Bonchev–Trinajstić information content (AvgIpc) is 2.17. The minimum Gasteiger partial charge on any atom is -0.329 e. The van der Waals surface area contributed by atoms with Crippen LogP contribution in [0.4, 0.5) is 0 Å². The molecule has 2 heteroatoms. The Bertz CT molecular complexity index is 201. The molecule has 1 heterocycles. The minimum atomic E-state index is 0.202. The van der Waals surface area contributed by atoms with Crippen LogP contribution in [0.2, 0.25) is 0 Å². The molecule has 0 aromatic carbocycles. The van der Waals surface area contributed by atoms with Crippen LogP contribution in [0.5, 0.6) is 0 Å². The van der Waals surface area contributed by atoms with Gasteiger partial charge in [-0.05, 0) is 31.1 Å². The van der Waals surface area contributed by atoms with Gasteiger partial charge in [-0.2, -0.15) is 0 Å². The van der Waals surface area contributed by atoms with Gasteiger partial charge in [-0.15, -0.1) is 0 Å². The highest BCUT2D eigenvalue weighted by molar-refractivity contribution is 5.02. The molecule has 2 nitrogen and oxygen atoms in total. The largest absolute Gasteiger partial charge is 0.329 e. The first-order valence-electron chi connectivity index (χ1n) is 6.39. The summed E-state index contributed by atoms with van der Waals surface area (Å²) in [4.78, 5) is 2.59. The van der Waals surface area contributed by atoms with Crippen molar-refractivity contribution in [2.24, 2.45) is 17.1 Å². The first-order valence-corrected chi connectivity index (χ1v) is 6.39. The summed E-state index contributed by atoms with van der Waals surface area (Å²) < 4.78 is 0. The topological polar surface area (TPSA) is 29.3 Å². The Morgan fingerprint density at radius 1 is 1.27 bits per heavy atom. The standard InChI is InChI=1S/C13H28N2/c1-6-13(7-2)9-15(10-13)12(5,8-14)11(3)4/h11H,6-10,14H2,1-5H3. The molecule has 1 saturated heterocycles. The lowest BCUT2D eigenvalue weighted by atomic mass is 9.70. The molecule has 1 aliphatic heterocycles. The predicted molar refractivity (Wildman–Crippen MR) is 66.9 cm³/mol. The van der Waals surface area contributed by atoms with Crippen LogP contribution < -0.4 is 5.73 Å². The molecule has 1 atom stereocenters. The van der Waals surface area contributed by atoms with Crippen LogP contribution in [0.1, 0.15) is 47.5 Å². The van der Waals surface area contributed by atoms with Crippen LogP contribution in [-0.2, 0) is 0 Å². The van der Waals surface area contributed by atoms with E-state index in [-0.39, 0.29) is 5.54 Å². The highest BCUT2D eigenvalue weighted by Gasteiger charge is 2.47. The molecule has 15 heavy (non-hydrogen) atoms. The van der Waals surface area contributed by atoms with Gasteiger partial charge < -0.3 is 5.73 Å². The van der Waals surface area contributed by atoms with Crippen molar-refractivity contribution in [1.29, 1.82) is 0 Å². The average molecular weight is 212 g/mol. The van der Waals surface area contributed by atoms with E-state index in [4.69, 9.17) is 5.73 Å². The molecular formula is C13H28N2. The number of nitrogens with zero attached hydrogens (tertiary/aromatic N) is 1. The Morgan fingerprint density at radius 2 is 1.73 bits per heavy atom. The van der Waals surface area contributed by atoms with Crippen molar-refractivity contribution in [3.63, 3.8) is 0 Å². The van der Waals surface area contributed by atoms with Crippen molar-refractivity contribution < 1.29 is 0 Å². The van der Waals surface area contributed by atoms with E-state index in [0.717, 1.165) is 6.54 Å². The fourth-order valence-corrected chi connectivity index (χ4v) is 2.55. The third-order valence-corrected chi connectivity index (χ3v) is 4.93. The van der Waals surface area contributed by atoms with E-state index < -0.39 is 0 Å². The quantitative estimate of drug-likeness (QED) is 0.758. The lowest BCUT2D eigenvalue weighted by Crippen LogP contribution is -2.68. The first kappa shape index (κ1) is 13.0. The maximum atomic E-state index is 5.95. The van der Waals surface area contributed by atoms with Gasteiger partial charge in [0.15, 0.2) is 0 Å². The van der Waals surface area contributed by atoms with Gasteiger partial charge in [0.1, 0.15) is 0 Å². The summed E-state index contributed by atoms with van der Waals surface area (Å²) in [7, 11) is 0. The first-order chi connectivity index (χ1) is 6.94. The summed E-state index contributed by atoms with van der Waals surface area (Å²) >= 11 is 0. The zero-order valence-corrected chi connectivity index (χ0v) is 11.1. The molecule has 0 radical (unpaired) electrons. The molecule has 0 amide bonds. The van der Waals surface area contributed by atoms with E-state index in [9.17, 15) is 0 Å². The number of rotatable bonds is 5. The maximum absolute atomic E-state index is 5.95. The monoisotopic (exact) mass is 212 g/mol. The van der Waals surface area contributed by atoms with Crippen molar-refractivity contribution >= 4 is 0 Å². The fraction of sp³-hybridized carbons (Fsp3) is 1.00. The predicted octanol–water partition coefficient (Wildman–Crippen LogP) is 2.48. The summed E-state index contributed by atoms with van der Waals surface area (Å²) in [5.41, 5.74) is 6.74. The molecular weight excluding hydrogens is 184 g/mol. The van der Waals surface area contributed by atoms with Crippen LogP contribution in [0.3, 0.4) is 0 Å². The second kappa shape index (κ2) is 4.42. The van der Waals surface area contributed by atoms with Gasteiger partial charge in [0.2, 0.25) is 0 Å². The summed E-state index contributed by atoms with van der Waals surface area (Å²) in [6.07, 6.45) is 2.61. The fourth-order valence-electron chi connectivity index (χ4n) is 2.55. The summed E-state index contributed by atoms with van der Waals surface area (Å²) in [5, 5.41) is 0. The van der Waals surface area contributed by atoms with Gasteiger partial charge in [-0.3, -0.25) is 4.90 Å². The van der Waals surface area contributed by atoms with Gasteiger partial charge in [0.25, 0.3) is 0 Å². The lowest BCUT2D eigenvalue weighted by molar-refractivity contribution is -0.0901. The number of likely N-dealkylation sites (tertiary alicyclic amines) is 1. The molecule has 0 bridgehead atoms. The summed E-state index contributed by atoms with van der Waals surface area (Å²) in [6.45, 7) is 14.8. The van der Waals surface area contributed by atoms with Gasteiger partial charge in [-0.1, -0.05) is 27.7 Å². The number of hydrogen-bond donors (Lipinski definition) is 1. The van der Waals surface area contributed by atoms with Crippen LogP contribution >= 0.6 is 0 Å². The molecule has 0 saturated carbocycles. The molecule has 0 spiro atoms. The van der Waals surface area contributed by atoms with E-state index in [2.05, 4.69) is 39.5 Å². The van der Waals surface area contributed by atoms with Crippen LogP contribution in [0.15, 0.2) is 0 Å². The van der Waals surface area contributed by atoms with Gasteiger partial charge in [-0.25, -0.2) is 0 Å². The van der Waals surface area contributed by atoms with E-state index in [0.29, 0.717) is 11.3 Å². The van der Waals surface area contributed by atoms with Gasteiger partial charge in [0.05, 0.1) is 0 Å². The molecule has 1 rings (SSSR count). The Morgan fingerprint density at radius 3 is 2.00 bits per heavy atom. The molecule has 1 fully saturated rings. The third-order valence-electron chi connectivity index (χ3n) is 4.93. The van der Waals surface area contributed by atoms with E-state index in [1.807, 2.05) is 0 Å². The van der Waals surface area contributed by atoms with E-state index >= 15 is 0 Å². The van der Waals surface area contributed by atoms with Crippen molar-refractivity contribution in [2.75, 3.05) is 19.6 Å².